The minimum atomic E-state index is -0.786. The van der Waals surface area contributed by atoms with E-state index in [9.17, 15) is 9.59 Å². The number of benzene rings is 2. The number of hydrogen-bond acceptors (Lipinski definition) is 4. The second kappa shape index (κ2) is 6.80. The molecular weight excluding hydrogens is 332 g/mol. The second-order valence-electron chi connectivity index (χ2n) is 5.23. The molecule has 2 amide bonds. The molecule has 1 heterocycles. The normalized spacial score (nSPS) is 12.4. The molecule has 3 rings (SSSR count). The molecule has 0 saturated carbocycles. The summed E-state index contributed by atoms with van der Waals surface area (Å²) < 4.78 is 10.8. The van der Waals surface area contributed by atoms with E-state index in [2.05, 4.69) is 10.6 Å². The number of carbonyl (C=O) groups is 2. The maximum absolute atomic E-state index is 12.1. The average molecular weight is 347 g/mol. The lowest BCUT2D eigenvalue weighted by Crippen LogP contribution is -2.29. The first-order valence-electron chi connectivity index (χ1n) is 7.31. The predicted octanol–water partition coefficient (Wildman–Crippen LogP) is 3.00. The molecule has 124 valence electrons. The van der Waals surface area contributed by atoms with E-state index in [0.717, 1.165) is 5.56 Å². The Bertz CT molecular complexity index is 807. The van der Waals surface area contributed by atoms with Crippen molar-refractivity contribution in [3.63, 3.8) is 0 Å². The van der Waals surface area contributed by atoms with Gasteiger partial charge in [0.25, 0.3) is 0 Å². The topological polar surface area (TPSA) is 76.7 Å². The highest BCUT2D eigenvalue weighted by Gasteiger charge is 2.17. The van der Waals surface area contributed by atoms with Gasteiger partial charge in [-0.3, -0.25) is 9.59 Å². The van der Waals surface area contributed by atoms with E-state index >= 15 is 0 Å². The number of fused-ring (bicyclic) bond motifs is 1. The average Bonchev–Trinajstić information content (AvgIpc) is 2.58. The van der Waals surface area contributed by atoms with Crippen LogP contribution >= 0.6 is 11.6 Å². The molecule has 0 radical (unpaired) electrons. The van der Waals surface area contributed by atoms with Crippen LogP contribution in [0, 0.1) is 6.92 Å². The summed E-state index contributed by atoms with van der Waals surface area (Å²) in [6, 6.07) is 10.0. The van der Waals surface area contributed by atoms with Gasteiger partial charge < -0.3 is 20.1 Å². The number of aryl methyl sites for hydroxylation is 1. The minimum Gasteiger partial charge on any atom is -0.486 e. The number of anilines is 2. The van der Waals surface area contributed by atoms with E-state index in [4.69, 9.17) is 21.1 Å². The number of amides is 2. The second-order valence-corrected chi connectivity index (χ2v) is 5.66. The van der Waals surface area contributed by atoms with Crippen LogP contribution < -0.4 is 20.1 Å². The molecular formula is C17H15ClN2O4. The fourth-order valence-electron chi connectivity index (χ4n) is 2.22. The van der Waals surface area contributed by atoms with Crippen molar-refractivity contribution in [3.8, 4) is 11.5 Å². The van der Waals surface area contributed by atoms with Crippen molar-refractivity contribution in [1.29, 1.82) is 0 Å². The third-order valence-electron chi connectivity index (χ3n) is 3.45. The van der Waals surface area contributed by atoms with Crippen LogP contribution in [0.2, 0.25) is 5.02 Å². The zero-order chi connectivity index (χ0) is 17.1. The zero-order valence-corrected chi connectivity index (χ0v) is 13.6. The number of rotatable bonds is 2. The quantitative estimate of drug-likeness (QED) is 0.819. The molecule has 0 saturated heterocycles. The van der Waals surface area contributed by atoms with E-state index < -0.39 is 11.8 Å². The van der Waals surface area contributed by atoms with Crippen molar-refractivity contribution in [2.24, 2.45) is 0 Å². The molecule has 1 aliphatic heterocycles. The molecule has 2 aromatic rings. The van der Waals surface area contributed by atoms with Crippen molar-refractivity contribution in [2.75, 3.05) is 23.8 Å². The lowest BCUT2D eigenvalue weighted by molar-refractivity contribution is -0.133. The summed E-state index contributed by atoms with van der Waals surface area (Å²) in [6.45, 7) is 2.74. The molecule has 7 heteroatoms. The molecule has 2 N–H and O–H groups in total. The summed E-state index contributed by atoms with van der Waals surface area (Å²) in [7, 11) is 0. The summed E-state index contributed by atoms with van der Waals surface area (Å²) >= 11 is 5.90. The summed E-state index contributed by atoms with van der Waals surface area (Å²) in [5.74, 6) is -0.426. The zero-order valence-electron chi connectivity index (χ0n) is 12.9. The molecule has 0 bridgehead atoms. The Kier molecular flexibility index (Phi) is 4.57. The van der Waals surface area contributed by atoms with Gasteiger partial charge in [-0.05, 0) is 36.8 Å². The van der Waals surface area contributed by atoms with Crippen LogP contribution in [0.3, 0.4) is 0 Å². The first-order chi connectivity index (χ1) is 11.5. The highest BCUT2D eigenvalue weighted by Crippen LogP contribution is 2.32. The SMILES string of the molecule is Cc1ccc(Cl)cc1NC(=O)C(=O)Nc1ccc2c(c1)OCCO2. The molecule has 0 unspecified atom stereocenters. The predicted molar refractivity (Wildman–Crippen MR) is 90.9 cm³/mol. The van der Waals surface area contributed by atoms with Gasteiger partial charge in [-0.1, -0.05) is 17.7 Å². The smallest absolute Gasteiger partial charge is 0.314 e. The van der Waals surface area contributed by atoms with Crippen molar-refractivity contribution in [1.82, 2.24) is 0 Å². The van der Waals surface area contributed by atoms with Gasteiger partial charge in [-0.2, -0.15) is 0 Å². The van der Waals surface area contributed by atoms with Crippen LogP contribution in [0.1, 0.15) is 5.56 Å². The van der Waals surface area contributed by atoms with E-state index in [1.54, 1.807) is 36.4 Å². The molecule has 1 aliphatic rings. The first kappa shape index (κ1) is 16.1. The van der Waals surface area contributed by atoms with Crippen molar-refractivity contribution in [3.05, 3.63) is 47.0 Å². The number of halogens is 1. The van der Waals surface area contributed by atoms with Crippen LogP contribution in [0.4, 0.5) is 11.4 Å². The van der Waals surface area contributed by atoms with Crippen molar-refractivity contribution in [2.45, 2.75) is 6.92 Å². The van der Waals surface area contributed by atoms with Gasteiger partial charge in [0.2, 0.25) is 0 Å². The van der Waals surface area contributed by atoms with Gasteiger partial charge in [0.15, 0.2) is 11.5 Å². The largest absolute Gasteiger partial charge is 0.486 e. The first-order valence-corrected chi connectivity index (χ1v) is 7.69. The Morgan fingerprint density at radius 2 is 1.67 bits per heavy atom. The summed E-state index contributed by atoms with van der Waals surface area (Å²) in [5.41, 5.74) is 1.74. The molecule has 0 fully saturated rings. The van der Waals surface area contributed by atoms with Crippen LogP contribution in [0.15, 0.2) is 36.4 Å². The van der Waals surface area contributed by atoms with Gasteiger partial charge >= 0.3 is 11.8 Å². The molecule has 6 nitrogen and oxygen atoms in total. The van der Waals surface area contributed by atoms with Gasteiger partial charge in [-0.15, -0.1) is 0 Å². The van der Waals surface area contributed by atoms with Gasteiger partial charge in [0.1, 0.15) is 13.2 Å². The molecule has 0 atom stereocenters. The minimum absolute atomic E-state index is 0.443. The maximum atomic E-state index is 12.1. The van der Waals surface area contributed by atoms with Crippen molar-refractivity contribution < 1.29 is 19.1 Å². The molecule has 2 aromatic carbocycles. The highest BCUT2D eigenvalue weighted by molar-refractivity contribution is 6.43. The fourth-order valence-corrected chi connectivity index (χ4v) is 2.39. The van der Waals surface area contributed by atoms with Gasteiger partial charge in [-0.25, -0.2) is 0 Å². The van der Waals surface area contributed by atoms with Crippen molar-refractivity contribution >= 4 is 34.8 Å². The van der Waals surface area contributed by atoms with E-state index in [1.165, 1.54) is 0 Å². The van der Waals surface area contributed by atoms with E-state index in [0.29, 0.717) is 41.1 Å². The Hall–Kier alpha value is -2.73. The number of ether oxygens (including phenoxy) is 2. The number of hydrogen-bond donors (Lipinski definition) is 2. The summed E-state index contributed by atoms with van der Waals surface area (Å²) in [6.07, 6.45) is 0. The maximum Gasteiger partial charge on any atom is 0.314 e. The number of carbonyl (C=O) groups excluding carboxylic acids is 2. The standard InChI is InChI=1S/C17H15ClN2O4/c1-10-2-3-11(18)8-13(10)20-17(22)16(21)19-12-4-5-14-15(9-12)24-7-6-23-14/h2-5,8-9H,6-7H2,1H3,(H,19,21)(H,20,22). The Labute approximate surface area is 143 Å². The van der Waals surface area contributed by atoms with Crippen LogP contribution in [0.25, 0.3) is 0 Å². The molecule has 0 aromatic heterocycles. The van der Waals surface area contributed by atoms with E-state index in [1.807, 2.05) is 6.92 Å². The monoisotopic (exact) mass is 346 g/mol. The lowest BCUT2D eigenvalue weighted by Gasteiger charge is -2.19. The van der Waals surface area contributed by atoms with Crippen LogP contribution in [0.5, 0.6) is 11.5 Å². The van der Waals surface area contributed by atoms with Gasteiger partial charge in [0, 0.05) is 22.5 Å². The Balaban J connectivity index is 1.68. The van der Waals surface area contributed by atoms with Gasteiger partial charge in [0.05, 0.1) is 0 Å². The number of nitrogens with one attached hydrogen (secondary N) is 2. The lowest BCUT2D eigenvalue weighted by atomic mass is 10.2. The third-order valence-corrected chi connectivity index (χ3v) is 3.69. The Morgan fingerprint density at radius 1 is 0.958 bits per heavy atom. The Morgan fingerprint density at radius 3 is 2.46 bits per heavy atom. The summed E-state index contributed by atoms with van der Waals surface area (Å²) in [5, 5.41) is 5.54. The molecule has 24 heavy (non-hydrogen) atoms. The molecule has 0 aliphatic carbocycles. The third kappa shape index (κ3) is 3.60. The van der Waals surface area contributed by atoms with E-state index in [-0.39, 0.29) is 0 Å². The molecule has 0 spiro atoms. The van der Waals surface area contributed by atoms with Crippen LogP contribution in [-0.2, 0) is 9.59 Å². The van der Waals surface area contributed by atoms with Crippen LogP contribution in [-0.4, -0.2) is 25.0 Å². The highest BCUT2D eigenvalue weighted by atomic mass is 35.5. The fraction of sp³-hybridized carbons (Fsp3) is 0.176. The summed E-state index contributed by atoms with van der Waals surface area (Å²) in [4.78, 5) is 24.1.